The van der Waals surface area contributed by atoms with Crippen LogP contribution in [0.5, 0.6) is 23.3 Å². The third kappa shape index (κ3) is 5.61. The predicted molar refractivity (Wildman–Crippen MR) is 122 cm³/mol. The van der Waals surface area contributed by atoms with Gasteiger partial charge in [0.25, 0.3) is 0 Å². The topological polar surface area (TPSA) is 129 Å². The second-order valence-corrected chi connectivity index (χ2v) is 8.54. The molecule has 38 heavy (non-hydrogen) atoms. The number of alkyl halides is 3. The molecular formula is C23H19F3N6O6. The van der Waals surface area contributed by atoms with Crippen LogP contribution in [0.25, 0.3) is 5.69 Å². The number of imidazole rings is 1. The van der Waals surface area contributed by atoms with Gasteiger partial charge in [0, 0.05) is 4.98 Å². The van der Waals surface area contributed by atoms with Gasteiger partial charge in [-0.25, -0.2) is 4.68 Å². The van der Waals surface area contributed by atoms with Crippen LogP contribution in [0.1, 0.15) is 12.6 Å². The zero-order valence-electron chi connectivity index (χ0n) is 19.7. The van der Waals surface area contributed by atoms with Gasteiger partial charge in [0.05, 0.1) is 12.7 Å². The summed E-state index contributed by atoms with van der Waals surface area (Å²) in [6, 6.07) is 12.3. The second-order valence-electron chi connectivity index (χ2n) is 8.54. The molecule has 15 heteroatoms. The SMILES string of the molecule is C[C@]1(COc2ccccc2-n2cc(COc3ccc(OC(F)(F)F)cc3)nn2)Cn2cc([N+](=O)[O-])nc2O1. The van der Waals surface area contributed by atoms with Crippen molar-refractivity contribution in [3.05, 3.63) is 76.7 Å². The lowest BCUT2D eigenvalue weighted by molar-refractivity contribution is -0.389. The van der Waals surface area contributed by atoms with E-state index in [0.29, 0.717) is 29.4 Å². The molecule has 0 amide bonds. The number of aromatic nitrogens is 5. The van der Waals surface area contributed by atoms with Gasteiger partial charge in [-0.3, -0.25) is 4.57 Å². The van der Waals surface area contributed by atoms with Crippen LogP contribution in [0.4, 0.5) is 19.0 Å². The number of hydrogen-bond donors (Lipinski definition) is 0. The maximum atomic E-state index is 12.3. The number of hydrogen-bond acceptors (Lipinski definition) is 9. The fourth-order valence-corrected chi connectivity index (χ4v) is 3.73. The van der Waals surface area contributed by atoms with E-state index in [9.17, 15) is 23.3 Å². The molecule has 0 saturated heterocycles. The molecule has 4 aromatic rings. The standard InChI is InChI=1S/C23H19F3N6O6/c1-22(13-30-11-20(32(33)34)27-21(30)38-22)14-36-19-5-3-2-4-18(19)31-10-15(28-29-31)12-35-16-6-8-17(9-7-16)37-23(24,25)26/h2-11H,12-14H2,1H3/t22-/m1/s1. The molecule has 0 aliphatic carbocycles. The first kappa shape index (κ1) is 24.9. The minimum Gasteiger partial charge on any atom is -0.487 e. The minimum atomic E-state index is -4.77. The molecule has 0 N–H and O–H groups in total. The molecule has 5 rings (SSSR count). The zero-order chi connectivity index (χ0) is 26.9. The van der Waals surface area contributed by atoms with Crippen molar-refractivity contribution >= 4 is 5.82 Å². The Morgan fingerprint density at radius 2 is 1.84 bits per heavy atom. The zero-order valence-corrected chi connectivity index (χ0v) is 19.7. The van der Waals surface area contributed by atoms with Crippen molar-refractivity contribution in [1.29, 1.82) is 0 Å². The van der Waals surface area contributed by atoms with Crippen molar-refractivity contribution in [1.82, 2.24) is 24.5 Å². The highest BCUT2D eigenvalue weighted by atomic mass is 19.4. The molecule has 2 aromatic carbocycles. The van der Waals surface area contributed by atoms with Gasteiger partial charge in [0.15, 0.2) is 5.60 Å². The van der Waals surface area contributed by atoms with Gasteiger partial charge < -0.3 is 29.1 Å². The summed E-state index contributed by atoms with van der Waals surface area (Å²) in [5, 5.41) is 19.1. The lowest BCUT2D eigenvalue weighted by Gasteiger charge is -2.22. The number of rotatable bonds is 9. The van der Waals surface area contributed by atoms with Crippen LogP contribution >= 0.6 is 0 Å². The largest absolute Gasteiger partial charge is 0.573 e. The third-order valence-corrected chi connectivity index (χ3v) is 5.39. The Morgan fingerprint density at radius 3 is 2.55 bits per heavy atom. The average molecular weight is 532 g/mol. The Kier molecular flexibility index (Phi) is 6.26. The highest BCUT2D eigenvalue weighted by molar-refractivity contribution is 5.46. The minimum absolute atomic E-state index is 0.0199. The van der Waals surface area contributed by atoms with E-state index >= 15 is 0 Å². The predicted octanol–water partition coefficient (Wildman–Crippen LogP) is 4.08. The molecule has 1 atom stereocenters. The number of halogens is 3. The molecule has 0 saturated carbocycles. The Hall–Kier alpha value is -4.82. The fraction of sp³-hybridized carbons (Fsp3) is 0.261. The van der Waals surface area contributed by atoms with E-state index in [4.69, 9.17) is 14.2 Å². The third-order valence-electron chi connectivity index (χ3n) is 5.39. The van der Waals surface area contributed by atoms with Crippen molar-refractivity contribution in [3.63, 3.8) is 0 Å². The lowest BCUT2D eigenvalue weighted by atomic mass is 10.1. The van der Waals surface area contributed by atoms with Crippen molar-refractivity contribution in [2.75, 3.05) is 6.61 Å². The summed E-state index contributed by atoms with van der Waals surface area (Å²) in [5.41, 5.74) is 0.260. The summed E-state index contributed by atoms with van der Waals surface area (Å²) in [7, 11) is 0. The monoisotopic (exact) mass is 532 g/mol. The molecule has 0 radical (unpaired) electrons. The van der Waals surface area contributed by atoms with Crippen LogP contribution in [0.15, 0.2) is 60.9 Å². The summed E-state index contributed by atoms with van der Waals surface area (Å²) in [5.74, 6) is 0.181. The molecule has 198 valence electrons. The Morgan fingerprint density at radius 1 is 1.11 bits per heavy atom. The average Bonchev–Trinajstić information content (AvgIpc) is 3.56. The highest BCUT2D eigenvalue weighted by Gasteiger charge is 2.41. The molecular weight excluding hydrogens is 513 g/mol. The molecule has 1 aliphatic rings. The van der Waals surface area contributed by atoms with E-state index in [1.54, 1.807) is 35.0 Å². The number of nitrogens with zero attached hydrogens (tertiary/aromatic N) is 6. The van der Waals surface area contributed by atoms with Crippen LogP contribution < -0.4 is 18.9 Å². The quantitative estimate of drug-likeness (QED) is 0.231. The van der Waals surface area contributed by atoms with E-state index in [0.717, 1.165) is 12.1 Å². The summed E-state index contributed by atoms with van der Waals surface area (Å²) >= 11 is 0. The van der Waals surface area contributed by atoms with E-state index < -0.39 is 16.9 Å². The Bertz CT molecular complexity index is 1430. The number of benzene rings is 2. The molecule has 0 unspecified atom stereocenters. The van der Waals surface area contributed by atoms with E-state index in [1.165, 1.54) is 23.0 Å². The fourth-order valence-electron chi connectivity index (χ4n) is 3.73. The van der Waals surface area contributed by atoms with Gasteiger partial charge in [-0.2, -0.15) is 0 Å². The van der Waals surface area contributed by atoms with Crippen LogP contribution in [0, 0.1) is 10.1 Å². The first-order valence-corrected chi connectivity index (χ1v) is 11.1. The van der Waals surface area contributed by atoms with Crippen molar-refractivity contribution in [3.8, 4) is 28.9 Å². The number of para-hydroxylation sites is 2. The second kappa shape index (κ2) is 9.57. The van der Waals surface area contributed by atoms with Crippen molar-refractivity contribution in [2.24, 2.45) is 0 Å². The maximum Gasteiger partial charge on any atom is 0.573 e. The maximum absolute atomic E-state index is 12.3. The van der Waals surface area contributed by atoms with E-state index in [-0.39, 0.29) is 30.8 Å². The van der Waals surface area contributed by atoms with Gasteiger partial charge in [-0.05, 0) is 48.2 Å². The van der Waals surface area contributed by atoms with Crippen molar-refractivity contribution < 1.29 is 37.0 Å². The van der Waals surface area contributed by atoms with Crippen LogP contribution in [0.2, 0.25) is 0 Å². The molecule has 0 bridgehead atoms. The molecule has 2 aromatic heterocycles. The molecule has 3 heterocycles. The normalized spacial score (nSPS) is 16.5. The van der Waals surface area contributed by atoms with Gasteiger partial charge in [0.1, 0.15) is 48.0 Å². The summed E-state index contributed by atoms with van der Waals surface area (Å²) in [6.45, 7) is 2.27. The van der Waals surface area contributed by atoms with Gasteiger partial charge in [0.2, 0.25) is 0 Å². The van der Waals surface area contributed by atoms with Gasteiger partial charge >= 0.3 is 18.2 Å². The molecule has 12 nitrogen and oxygen atoms in total. The number of fused-ring (bicyclic) bond motifs is 1. The highest BCUT2D eigenvalue weighted by Crippen LogP contribution is 2.32. The lowest BCUT2D eigenvalue weighted by Crippen LogP contribution is -2.38. The smallest absolute Gasteiger partial charge is 0.487 e. The Balaban J connectivity index is 1.20. The van der Waals surface area contributed by atoms with Gasteiger partial charge in [-0.15, -0.1) is 18.3 Å². The van der Waals surface area contributed by atoms with Crippen LogP contribution in [0.3, 0.4) is 0 Å². The molecule has 0 spiro atoms. The number of nitro groups is 1. The summed E-state index contributed by atoms with van der Waals surface area (Å²) in [6.07, 6.45) is -1.82. The molecule has 0 fully saturated rings. The van der Waals surface area contributed by atoms with Gasteiger partial charge in [-0.1, -0.05) is 17.3 Å². The van der Waals surface area contributed by atoms with Crippen LogP contribution in [-0.4, -0.2) is 48.0 Å². The van der Waals surface area contributed by atoms with Crippen LogP contribution in [-0.2, 0) is 13.2 Å². The summed E-state index contributed by atoms with van der Waals surface area (Å²) < 4.78 is 61.2. The number of ether oxygens (including phenoxy) is 4. The first-order chi connectivity index (χ1) is 18.1. The summed E-state index contributed by atoms with van der Waals surface area (Å²) in [4.78, 5) is 14.2. The first-order valence-electron chi connectivity index (χ1n) is 11.1. The van der Waals surface area contributed by atoms with E-state index in [1.807, 2.05) is 6.92 Å². The van der Waals surface area contributed by atoms with Crippen molar-refractivity contribution in [2.45, 2.75) is 32.0 Å². The Labute approximate surface area is 212 Å². The van der Waals surface area contributed by atoms with E-state index in [2.05, 4.69) is 20.0 Å². The molecule has 1 aliphatic heterocycles.